The van der Waals surface area contributed by atoms with Gasteiger partial charge in [0.25, 0.3) is 0 Å². The number of nitrogens with two attached hydrogens (primary N) is 1. The molecular formula is C13H18N2O3. The Morgan fingerprint density at radius 3 is 2.94 bits per heavy atom. The summed E-state index contributed by atoms with van der Waals surface area (Å²) in [5.74, 6) is 0.691. The highest BCUT2D eigenvalue weighted by Crippen LogP contribution is 2.32. The largest absolute Gasteiger partial charge is 0.489 e. The first-order valence-electron chi connectivity index (χ1n) is 6.13. The number of benzene rings is 1. The number of carbonyl (C=O) groups excluding carboxylic acids is 1. The summed E-state index contributed by atoms with van der Waals surface area (Å²) in [4.78, 5) is 11.3. The molecule has 0 fully saturated rings. The van der Waals surface area contributed by atoms with Gasteiger partial charge in [-0.15, -0.1) is 0 Å². The van der Waals surface area contributed by atoms with Crippen molar-refractivity contribution in [2.45, 2.75) is 19.8 Å². The summed E-state index contributed by atoms with van der Waals surface area (Å²) in [5, 5.41) is 2.81. The van der Waals surface area contributed by atoms with Crippen LogP contribution in [0.2, 0.25) is 0 Å². The third-order valence-corrected chi connectivity index (χ3v) is 2.82. The fraction of sp³-hybridized carbons (Fsp3) is 0.462. The molecule has 5 nitrogen and oxygen atoms in total. The summed E-state index contributed by atoms with van der Waals surface area (Å²) >= 11 is 0. The molecule has 0 spiro atoms. The summed E-state index contributed by atoms with van der Waals surface area (Å²) in [7, 11) is 0. The number of aryl methyl sites for hydroxylation is 1. The first kappa shape index (κ1) is 12.7. The fourth-order valence-electron chi connectivity index (χ4n) is 1.90. The molecule has 1 heterocycles. The zero-order valence-electron chi connectivity index (χ0n) is 10.5. The molecule has 0 aromatic heterocycles. The summed E-state index contributed by atoms with van der Waals surface area (Å²) in [6, 6.07) is 3.65. The predicted octanol–water partition coefficient (Wildman–Crippen LogP) is 1.57. The highest BCUT2D eigenvalue weighted by atomic mass is 16.5. The summed E-state index contributed by atoms with van der Waals surface area (Å²) in [6.07, 6.45) is 1.23. The monoisotopic (exact) mass is 250 g/mol. The molecule has 98 valence electrons. The van der Waals surface area contributed by atoms with Crippen LogP contribution in [-0.2, 0) is 16.0 Å². The van der Waals surface area contributed by atoms with E-state index in [2.05, 4.69) is 5.32 Å². The van der Waals surface area contributed by atoms with Gasteiger partial charge in [-0.2, -0.15) is 0 Å². The van der Waals surface area contributed by atoms with Crippen molar-refractivity contribution in [2.24, 2.45) is 0 Å². The van der Waals surface area contributed by atoms with Crippen LogP contribution < -0.4 is 15.8 Å². The van der Waals surface area contributed by atoms with Crippen molar-refractivity contribution in [1.82, 2.24) is 0 Å². The predicted molar refractivity (Wildman–Crippen MR) is 69.8 cm³/mol. The zero-order valence-corrected chi connectivity index (χ0v) is 10.5. The van der Waals surface area contributed by atoms with Crippen LogP contribution in [0, 0.1) is 0 Å². The van der Waals surface area contributed by atoms with Crippen LogP contribution in [0.1, 0.15) is 18.9 Å². The van der Waals surface area contributed by atoms with Crippen molar-refractivity contribution >= 4 is 17.3 Å². The molecule has 1 aliphatic heterocycles. The minimum absolute atomic E-state index is 0.0342. The van der Waals surface area contributed by atoms with E-state index in [9.17, 15) is 4.79 Å². The second-order valence-corrected chi connectivity index (χ2v) is 4.14. The quantitative estimate of drug-likeness (QED) is 0.614. The molecule has 0 saturated heterocycles. The van der Waals surface area contributed by atoms with E-state index in [1.54, 1.807) is 6.07 Å². The van der Waals surface area contributed by atoms with Gasteiger partial charge in [0, 0.05) is 18.7 Å². The van der Waals surface area contributed by atoms with Crippen molar-refractivity contribution in [3.63, 3.8) is 0 Å². The first-order valence-corrected chi connectivity index (χ1v) is 6.13. The van der Waals surface area contributed by atoms with Gasteiger partial charge in [-0.05, 0) is 31.0 Å². The number of hydrogen-bond donors (Lipinski definition) is 2. The van der Waals surface area contributed by atoms with Crippen molar-refractivity contribution < 1.29 is 14.3 Å². The molecule has 18 heavy (non-hydrogen) atoms. The van der Waals surface area contributed by atoms with Gasteiger partial charge in [0.1, 0.15) is 12.4 Å². The van der Waals surface area contributed by atoms with Crippen molar-refractivity contribution in [3.05, 3.63) is 17.7 Å². The minimum Gasteiger partial charge on any atom is -0.489 e. The lowest BCUT2D eigenvalue weighted by Crippen LogP contribution is -2.19. The van der Waals surface area contributed by atoms with Gasteiger partial charge in [0.2, 0.25) is 5.91 Å². The number of rotatable bonds is 5. The zero-order chi connectivity index (χ0) is 13.0. The van der Waals surface area contributed by atoms with Gasteiger partial charge in [-0.1, -0.05) is 0 Å². The maximum atomic E-state index is 11.3. The molecule has 0 radical (unpaired) electrons. The summed E-state index contributed by atoms with van der Waals surface area (Å²) in [6.45, 7) is 3.64. The lowest BCUT2D eigenvalue weighted by atomic mass is 10.0. The topological polar surface area (TPSA) is 73.6 Å². The number of fused-ring (bicyclic) bond motifs is 1. The van der Waals surface area contributed by atoms with Gasteiger partial charge in [0.05, 0.1) is 12.3 Å². The molecule has 0 bridgehead atoms. The van der Waals surface area contributed by atoms with Crippen molar-refractivity contribution in [1.29, 1.82) is 0 Å². The van der Waals surface area contributed by atoms with E-state index in [4.69, 9.17) is 15.2 Å². The van der Waals surface area contributed by atoms with E-state index in [0.717, 1.165) is 17.7 Å². The molecule has 1 aromatic carbocycles. The Morgan fingerprint density at radius 1 is 1.33 bits per heavy atom. The maximum Gasteiger partial charge on any atom is 0.224 e. The molecule has 0 saturated carbocycles. The van der Waals surface area contributed by atoms with Crippen molar-refractivity contribution in [3.8, 4) is 5.75 Å². The molecule has 0 unspecified atom stereocenters. The normalized spacial score (nSPS) is 13.9. The highest BCUT2D eigenvalue weighted by Gasteiger charge is 2.17. The number of nitrogen functional groups attached to an aromatic ring is 1. The van der Waals surface area contributed by atoms with Crippen LogP contribution in [0.25, 0.3) is 0 Å². The van der Waals surface area contributed by atoms with E-state index >= 15 is 0 Å². The molecule has 2 rings (SSSR count). The van der Waals surface area contributed by atoms with E-state index in [1.165, 1.54) is 0 Å². The number of hydrogen-bond acceptors (Lipinski definition) is 4. The molecule has 1 aromatic rings. The second kappa shape index (κ2) is 5.73. The molecule has 0 aliphatic carbocycles. The number of carbonyl (C=O) groups is 1. The average Bonchev–Trinajstić information content (AvgIpc) is 2.35. The highest BCUT2D eigenvalue weighted by molar-refractivity contribution is 5.94. The summed E-state index contributed by atoms with van der Waals surface area (Å²) < 4.78 is 10.8. The van der Waals surface area contributed by atoms with Crippen LogP contribution >= 0.6 is 0 Å². The molecular weight excluding hydrogens is 232 g/mol. The van der Waals surface area contributed by atoms with Gasteiger partial charge >= 0.3 is 0 Å². The number of nitrogens with one attached hydrogen (secondary N) is 1. The average molecular weight is 250 g/mol. The van der Waals surface area contributed by atoms with E-state index < -0.39 is 0 Å². The number of ether oxygens (including phenoxy) is 2. The van der Waals surface area contributed by atoms with E-state index in [0.29, 0.717) is 37.7 Å². The van der Waals surface area contributed by atoms with Crippen LogP contribution in [0.4, 0.5) is 11.4 Å². The molecule has 3 N–H and O–H groups in total. The van der Waals surface area contributed by atoms with Crippen LogP contribution in [0.15, 0.2) is 12.1 Å². The Balaban J connectivity index is 2.05. The summed E-state index contributed by atoms with van der Waals surface area (Å²) in [5.41, 5.74) is 8.28. The van der Waals surface area contributed by atoms with Crippen molar-refractivity contribution in [2.75, 3.05) is 30.9 Å². The molecule has 5 heteroatoms. The first-order chi connectivity index (χ1) is 8.70. The minimum atomic E-state index is 0.0342. The molecule has 1 aliphatic rings. The second-order valence-electron chi connectivity index (χ2n) is 4.14. The number of amides is 1. The third kappa shape index (κ3) is 2.92. The Labute approximate surface area is 106 Å². The standard InChI is InChI=1S/C13H18N2O3/c1-2-17-5-6-18-12-7-9-3-4-13(16)15-11(9)8-10(12)14/h7-8H,2-6,14H2,1H3,(H,15,16). The SMILES string of the molecule is CCOCCOc1cc2c(cc1N)NC(=O)CC2. The fourth-order valence-corrected chi connectivity index (χ4v) is 1.90. The maximum absolute atomic E-state index is 11.3. The molecule has 1 amide bonds. The van der Waals surface area contributed by atoms with Crippen LogP contribution in [0.3, 0.4) is 0 Å². The van der Waals surface area contributed by atoms with Gasteiger partial charge < -0.3 is 20.5 Å². The Bertz CT molecular complexity index is 446. The van der Waals surface area contributed by atoms with Crippen LogP contribution in [0.5, 0.6) is 5.75 Å². The smallest absolute Gasteiger partial charge is 0.224 e. The Kier molecular flexibility index (Phi) is 4.04. The van der Waals surface area contributed by atoms with E-state index in [1.807, 2.05) is 13.0 Å². The van der Waals surface area contributed by atoms with Gasteiger partial charge in [-0.25, -0.2) is 0 Å². The number of anilines is 2. The Hall–Kier alpha value is -1.75. The lowest BCUT2D eigenvalue weighted by molar-refractivity contribution is -0.116. The van der Waals surface area contributed by atoms with Gasteiger partial charge in [-0.3, -0.25) is 4.79 Å². The van der Waals surface area contributed by atoms with Crippen LogP contribution in [-0.4, -0.2) is 25.7 Å². The van der Waals surface area contributed by atoms with E-state index in [-0.39, 0.29) is 5.91 Å². The van der Waals surface area contributed by atoms with Gasteiger partial charge in [0.15, 0.2) is 0 Å². The third-order valence-electron chi connectivity index (χ3n) is 2.82. The lowest BCUT2D eigenvalue weighted by Gasteiger charge is -2.19. The molecule has 0 atom stereocenters. The Morgan fingerprint density at radius 2 is 2.17 bits per heavy atom.